The molecule has 0 bridgehead atoms. The van der Waals surface area contributed by atoms with Gasteiger partial charge in [-0.1, -0.05) is 35.9 Å². The van der Waals surface area contributed by atoms with Gasteiger partial charge in [0.1, 0.15) is 12.4 Å². The fourth-order valence-corrected chi connectivity index (χ4v) is 3.04. The zero-order valence-corrected chi connectivity index (χ0v) is 13.9. The summed E-state index contributed by atoms with van der Waals surface area (Å²) >= 11 is 0. The summed E-state index contributed by atoms with van der Waals surface area (Å²) in [5, 5.41) is 9.22. The van der Waals surface area contributed by atoms with Crippen molar-refractivity contribution >= 4 is 5.91 Å². The summed E-state index contributed by atoms with van der Waals surface area (Å²) in [4.78, 5) is 14.4. The van der Waals surface area contributed by atoms with Crippen LogP contribution in [-0.2, 0) is 6.61 Å². The van der Waals surface area contributed by atoms with Crippen molar-refractivity contribution in [1.29, 1.82) is 0 Å². The topological polar surface area (TPSA) is 49.8 Å². The summed E-state index contributed by atoms with van der Waals surface area (Å²) in [5.41, 5.74) is 2.94. The fraction of sp³-hybridized carbons (Fsp3) is 0.350. The molecule has 1 aliphatic heterocycles. The molecule has 3 rings (SSSR count). The third kappa shape index (κ3) is 3.95. The molecule has 1 saturated heterocycles. The maximum Gasteiger partial charge on any atom is 0.253 e. The second-order valence-corrected chi connectivity index (χ2v) is 6.39. The predicted octanol–water partition coefficient (Wildman–Crippen LogP) is 3.03. The van der Waals surface area contributed by atoms with Crippen LogP contribution in [0.5, 0.6) is 5.75 Å². The van der Waals surface area contributed by atoms with E-state index in [-0.39, 0.29) is 18.4 Å². The minimum atomic E-state index is 0.00644. The monoisotopic (exact) mass is 325 g/mol. The van der Waals surface area contributed by atoms with E-state index in [0.29, 0.717) is 31.0 Å². The van der Waals surface area contributed by atoms with E-state index in [1.54, 1.807) is 11.0 Å². The Hall–Kier alpha value is -2.33. The highest BCUT2D eigenvalue weighted by atomic mass is 16.5. The van der Waals surface area contributed by atoms with Crippen molar-refractivity contribution in [2.45, 2.75) is 20.0 Å². The van der Waals surface area contributed by atoms with Crippen molar-refractivity contribution in [1.82, 2.24) is 4.90 Å². The first-order chi connectivity index (χ1) is 11.7. The molecule has 0 spiro atoms. The van der Waals surface area contributed by atoms with E-state index >= 15 is 0 Å². The average Bonchev–Trinajstić information content (AvgIpc) is 3.09. The first-order valence-corrected chi connectivity index (χ1v) is 8.34. The number of likely N-dealkylation sites (tertiary alicyclic amines) is 1. The zero-order chi connectivity index (χ0) is 16.9. The van der Waals surface area contributed by atoms with E-state index < -0.39 is 0 Å². The number of hydrogen-bond acceptors (Lipinski definition) is 3. The lowest BCUT2D eigenvalue weighted by Crippen LogP contribution is -2.29. The van der Waals surface area contributed by atoms with E-state index in [9.17, 15) is 9.90 Å². The minimum Gasteiger partial charge on any atom is -0.489 e. The molecule has 1 N–H and O–H groups in total. The molecular weight excluding hydrogens is 302 g/mol. The lowest BCUT2D eigenvalue weighted by Gasteiger charge is -2.17. The standard InChI is InChI=1S/C20H23NO3/c1-15-4-2-5-16(10-15)14-24-19-7-3-6-18(11-19)20(23)21-9-8-17(12-21)13-22/h2-7,10-11,17,22H,8-9,12-14H2,1H3. The van der Waals surface area contributed by atoms with Crippen LogP contribution in [0.15, 0.2) is 48.5 Å². The van der Waals surface area contributed by atoms with Gasteiger partial charge >= 0.3 is 0 Å². The van der Waals surface area contributed by atoms with Crippen LogP contribution >= 0.6 is 0 Å². The molecule has 1 amide bonds. The molecule has 0 saturated carbocycles. The smallest absolute Gasteiger partial charge is 0.253 e. The van der Waals surface area contributed by atoms with Gasteiger partial charge in [0.15, 0.2) is 0 Å². The summed E-state index contributed by atoms with van der Waals surface area (Å²) in [7, 11) is 0. The highest BCUT2D eigenvalue weighted by Gasteiger charge is 2.26. The molecule has 1 unspecified atom stereocenters. The van der Waals surface area contributed by atoms with Gasteiger partial charge in [-0.3, -0.25) is 4.79 Å². The Morgan fingerprint density at radius 3 is 2.83 bits per heavy atom. The van der Waals surface area contributed by atoms with Crippen molar-refractivity contribution in [2.24, 2.45) is 5.92 Å². The van der Waals surface area contributed by atoms with E-state index in [1.807, 2.05) is 30.3 Å². The third-order valence-electron chi connectivity index (χ3n) is 4.40. The van der Waals surface area contributed by atoms with Crippen LogP contribution in [0.4, 0.5) is 0 Å². The van der Waals surface area contributed by atoms with Gasteiger partial charge in [-0.25, -0.2) is 0 Å². The number of benzene rings is 2. The number of aliphatic hydroxyl groups excluding tert-OH is 1. The lowest BCUT2D eigenvalue weighted by molar-refractivity contribution is 0.0781. The van der Waals surface area contributed by atoms with E-state index in [4.69, 9.17) is 4.74 Å². The van der Waals surface area contributed by atoms with Crippen molar-refractivity contribution in [3.63, 3.8) is 0 Å². The summed E-state index contributed by atoms with van der Waals surface area (Å²) in [6.45, 7) is 4.01. The van der Waals surface area contributed by atoms with Crippen molar-refractivity contribution < 1.29 is 14.6 Å². The number of aliphatic hydroxyl groups is 1. The normalized spacial score (nSPS) is 17.1. The third-order valence-corrected chi connectivity index (χ3v) is 4.40. The van der Waals surface area contributed by atoms with Crippen LogP contribution < -0.4 is 4.74 Å². The number of aryl methyl sites for hydroxylation is 1. The van der Waals surface area contributed by atoms with Crippen LogP contribution in [0, 0.1) is 12.8 Å². The molecule has 1 aliphatic rings. The first-order valence-electron chi connectivity index (χ1n) is 8.34. The molecule has 1 heterocycles. The van der Waals surface area contributed by atoms with E-state index in [0.717, 1.165) is 12.0 Å². The van der Waals surface area contributed by atoms with Crippen LogP contribution in [0.2, 0.25) is 0 Å². The second kappa shape index (κ2) is 7.49. The van der Waals surface area contributed by atoms with Crippen LogP contribution in [0.25, 0.3) is 0 Å². The van der Waals surface area contributed by atoms with Crippen molar-refractivity contribution in [3.8, 4) is 5.75 Å². The number of hydrogen-bond donors (Lipinski definition) is 1. The molecule has 0 aromatic heterocycles. The minimum absolute atomic E-state index is 0.00644. The maximum absolute atomic E-state index is 12.6. The highest BCUT2D eigenvalue weighted by Crippen LogP contribution is 2.21. The van der Waals surface area contributed by atoms with Gasteiger partial charge in [0.25, 0.3) is 5.91 Å². The Kier molecular flexibility index (Phi) is 5.16. The number of carbonyl (C=O) groups is 1. The Balaban J connectivity index is 1.64. The molecule has 1 fully saturated rings. The molecule has 2 aromatic carbocycles. The number of ether oxygens (including phenoxy) is 1. The van der Waals surface area contributed by atoms with Crippen molar-refractivity contribution in [2.75, 3.05) is 19.7 Å². The number of amides is 1. The highest BCUT2D eigenvalue weighted by molar-refractivity contribution is 5.94. The van der Waals surface area contributed by atoms with Crippen LogP contribution in [-0.4, -0.2) is 35.6 Å². The summed E-state index contributed by atoms with van der Waals surface area (Å²) in [6.07, 6.45) is 0.867. The molecule has 1 atom stereocenters. The fourth-order valence-electron chi connectivity index (χ4n) is 3.04. The summed E-state index contributed by atoms with van der Waals surface area (Å²) in [5.74, 6) is 0.905. The molecule has 24 heavy (non-hydrogen) atoms. The SMILES string of the molecule is Cc1cccc(COc2cccc(C(=O)N3CCC(CO)C3)c2)c1. The molecule has 0 radical (unpaired) electrons. The van der Waals surface area contributed by atoms with Crippen LogP contribution in [0.3, 0.4) is 0 Å². The quantitative estimate of drug-likeness (QED) is 0.919. The predicted molar refractivity (Wildman–Crippen MR) is 93.0 cm³/mol. The number of nitrogens with zero attached hydrogens (tertiary/aromatic N) is 1. The van der Waals surface area contributed by atoms with Crippen molar-refractivity contribution in [3.05, 3.63) is 65.2 Å². The van der Waals surface area contributed by atoms with Gasteiger partial charge in [0, 0.05) is 31.2 Å². The lowest BCUT2D eigenvalue weighted by atomic mass is 10.1. The van der Waals surface area contributed by atoms with Gasteiger partial charge in [-0.05, 0) is 37.1 Å². The molecular formula is C20H23NO3. The van der Waals surface area contributed by atoms with Gasteiger partial charge in [0.05, 0.1) is 0 Å². The maximum atomic E-state index is 12.6. The van der Waals surface area contributed by atoms with Gasteiger partial charge < -0.3 is 14.7 Å². The number of rotatable bonds is 5. The van der Waals surface area contributed by atoms with Gasteiger partial charge in [-0.2, -0.15) is 0 Å². The van der Waals surface area contributed by atoms with Gasteiger partial charge in [-0.15, -0.1) is 0 Å². The van der Waals surface area contributed by atoms with E-state index in [2.05, 4.69) is 19.1 Å². The Labute approximate surface area is 142 Å². The van der Waals surface area contributed by atoms with Gasteiger partial charge in [0.2, 0.25) is 0 Å². The molecule has 4 heteroatoms. The molecule has 2 aromatic rings. The second-order valence-electron chi connectivity index (χ2n) is 6.39. The summed E-state index contributed by atoms with van der Waals surface area (Å²) in [6, 6.07) is 15.5. The first kappa shape index (κ1) is 16.5. The van der Waals surface area contributed by atoms with E-state index in [1.165, 1.54) is 5.56 Å². The number of carbonyl (C=O) groups excluding carboxylic acids is 1. The molecule has 0 aliphatic carbocycles. The summed E-state index contributed by atoms with van der Waals surface area (Å²) < 4.78 is 5.83. The van der Waals surface area contributed by atoms with Crippen LogP contribution in [0.1, 0.15) is 27.9 Å². The largest absolute Gasteiger partial charge is 0.489 e. The Morgan fingerprint density at radius 1 is 1.25 bits per heavy atom. The zero-order valence-electron chi connectivity index (χ0n) is 13.9. The molecule has 126 valence electrons. The Bertz CT molecular complexity index is 714. The Morgan fingerprint density at radius 2 is 2.08 bits per heavy atom. The average molecular weight is 325 g/mol. The molecule has 4 nitrogen and oxygen atoms in total.